The zero-order valence-electron chi connectivity index (χ0n) is 22.1. The number of terminal acetylenes is 1. The van der Waals surface area contributed by atoms with Gasteiger partial charge in [0.2, 0.25) is 0 Å². The van der Waals surface area contributed by atoms with Crippen LogP contribution in [0, 0.1) is 30.9 Å². The number of aromatic nitrogens is 2. The number of aryl methyl sites for hydroxylation is 1. The van der Waals surface area contributed by atoms with Crippen molar-refractivity contribution in [1.29, 1.82) is 0 Å². The molecular weight excluding hydrogens is 540 g/mol. The minimum Gasteiger partial charge on any atom is -0.490 e. The summed E-state index contributed by atoms with van der Waals surface area (Å²) in [6, 6.07) is 3.82. The Bertz CT molecular complexity index is 1480. The number of rotatable bonds is 10. The fraction of sp³-hybridized carbons (Fsp3) is 0.429. The summed E-state index contributed by atoms with van der Waals surface area (Å²) in [5, 5.41) is 12.9. The summed E-state index contributed by atoms with van der Waals surface area (Å²) < 4.78 is 96.9. The monoisotopic (exact) mass is 567 g/mol. The lowest BCUT2D eigenvalue weighted by Gasteiger charge is -2.30. The molecule has 4 rings (SSSR count). The van der Waals surface area contributed by atoms with Crippen LogP contribution in [0.4, 0.5) is 32.2 Å². The Morgan fingerprint density at radius 2 is 1.88 bits per heavy atom. The van der Waals surface area contributed by atoms with Crippen molar-refractivity contribution in [2.45, 2.75) is 63.7 Å². The molecule has 1 saturated carbocycles. The standard InChI is InChI=1S/C28H27F6N3O3/c1-6-16-20(39-10-11-40-21-13-27(21,31)32)12-18-24(23(16)30)36-15(3)37-25(18)35-14(2)17-8-7-9-19(22(17)29)28(33,34)26(4,5)38/h1,7-9,12,14,21,38H,10-11,13H2,2-5H3,(H,35,36,37)/t14-,21?/m1/s1. The number of ether oxygens (including phenoxy) is 2. The molecule has 2 aromatic carbocycles. The molecular formula is C28H27F6N3O3. The highest BCUT2D eigenvalue weighted by atomic mass is 19.3. The van der Waals surface area contributed by atoms with Gasteiger partial charge in [0, 0.05) is 17.4 Å². The summed E-state index contributed by atoms with van der Waals surface area (Å²) in [6.45, 7) is 4.34. The molecule has 1 fully saturated rings. The van der Waals surface area contributed by atoms with Gasteiger partial charge in [-0.25, -0.2) is 27.5 Å². The maximum atomic E-state index is 15.4. The van der Waals surface area contributed by atoms with Crippen LogP contribution in [-0.4, -0.2) is 45.9 Å². The Morgan fingerprint density at radius 3 is 2.48 bits per heavy atom. The van der Waals surface area contributed by atoms with Crippen molar-refractivity contribution in [2.75, 3.05) is 18.5 Å². The maximum Gasteiger partial charge on any atom is 0.303 e. The molecule has 1 unspecified atom stereocenters. The first-order valence-corrected chi connectivity index (χ1v) is 12.3. The third kappa shape index (κ3) is 5.53. The third-order valence-corrected chi connectivity index (χ3v) is 6.53. The number of aliphatic hydroxyl groups is 1. The van der Waals surface area contributed by atoms with Crippen LogP contribution < -0.4 is 10.1 Å². The molecule has 1 aromatic heterocycles. The molecule has 3 aromatic rings. The Balaban J connectivity index is 1.66. The predicted molar refractivity (Wildman–Crippen MR) is 136 cm³/mol. The van der Waals surface area contributed by atoms with Crippen LogP contribution in [-0.2, 0) is 10.7 Å². The van der Waals surface area contributed by atoms with Gasteiger partial charge in [0.05, 0.1) is 18.2 Å². The molecule has 40 heavy (non-hydrogen) atoms. The molecule has 0 saturated heterocycles. The van der Waals surface area contributed by atoms with E-state index in [1.54, 1.807) is 0 Å². The molecule has 1 aliphatic carbocycles. The van der Waals surface area contributed by atoms with Gasteiger partial charge in [0.25, 0.3) is 5.92 Å². The first-order chi connectivity index (χ1) is 18.6. The number of fused-ring (bicyclic) bond motifs is 1. The fourth-order valence-corrected chi connectivity index (χ4v) is 4.12. The van der Waals surface area contributed by atoms with Crippen LogP contribution >= 0.6 is 0 Å². The summed E-state index contributed by atoms with van der Waals surface area (Å²) in [7, 11) is 0. The van der Waals surface area contributed by atoms with Crippen LogP contribution in [0.3, 0.4) is 0 Å². The molecule has 0 amide bonds. The third-order valence-electron chi connectivity index (χ3n) is 6.53. The number of hydrogen-bond donors (Lipinski definition) is 2. The largest absolute Gasteiger partial charge is 0.490 e. The molecule has 0 aliphatic heterocycles. The van der Waals surface area contributed by atoms with Crippen LogP contribution in [0.1, 0.15) is 55.7 Å². The zero-order valence-corrected chi connectivity index (χ0v) is 22.1. The number of halogens is 6. The van der Waals surface area contributed by atoms with E-state index in [1.165, 1.54) is 32.0 Å². The van der Waals surface area contributed by atoms with E-state index in [9.17, 15) is 22.7 Å². The normalized spacial score (nSPS) is 17.4. The van der Waals surface area contributed by atoms with Gasteiger partial charge in [-0.3, -0.25) is 0 Å². The highest BCUT2D eigenvalue weighted by Crippen LogP contribution is 2.44. The predicted octanol–water partition coefficient (Wildman–Crippen LogP) is 6.04. The Hall–Kier alpha value is -3.56. The van der Waals surface area contributed by atoms with Crippen molar-refractivity contribution in [1.82, 2.24) is 9.97 Å². The number of benzene rings is 2. The summed E-state index contributed by atoms with van der Waals surface area (Å²) in [5.74, 6) is -6.62. The van der Waals surface area contributed by atoms with E-state index >= 15 is 8.78 Å². The van der Waals surface area contributed by atoms with E-state index in [2.05, 4.69) is 21.2 Å². The van der Waals surface area contributed by atoms with E-state index in [0.717, 1.165) is 19.9 Å². The first-order valence-electron chi connectivity index (χ1n) is 12.3. The number of anilines is 1. The van der Waals surface area contributed by atoms with Crippen molar-refractivity contribution in [3.8, 4) is 18.1 Å². The molecule has 2 N–H and O–H groups in total. The lowest BCUT2D eigenvalue weighted by molar-refractivity contribution is -0.170. The molecule has 0 bridgehead atoms. The van der Waals surface area contributed by atoms with Gasteiger partial charge in [0.15, 0.2) is 5.82 Å². The smallest absolute Gasteiger partial charge is 0.303 e. The number of alkyl halides is 4. The lowest BCUT2D eigenvalue weighted by Crippen LogP contribution is -2.41. The molecule has 12 heteroatoms. The first kappa shape index (κ1) is 29.4. The van der Waals surface area contributed by atoms with Crippen LogP contribution in [0.2, 0.25) is 0 Å². The van der Waals surface area contributed by atoms with Crippen molar-refractivity contribution in [2.24, 2.45) is 0 Å². The molecule has 6 nitrogen and oxygen atoms in total. The average Bonchev–Trinajstić information content (AvgIpc) is 3.47. The fourth-order valence-electron chi connectivity index (χ4n) is 4.12. The van der Waals surface area contributed by atoms with Gasteiger partial charge < -0.3 is 19.9 Å². The number of nitrogens with zero attached hydrogens (tertiary/aromatic N) is 2. The van der Waals surface area contributed by atoms with E-state index < -0.39 is 46.8 Å². The molecule has 1 aliphatic rings. The summed E-state index contributed by atoms with van der Waals surface area (Å²) in [4.78, 5) is 8.39. The van der Waals surface area contributed by atoms with Crippen LogP contribution in [0.5, 0.6) is 5.75 Å². The highest BCUT2D eigenvalue weighted by molar-refractivity contribution is 5.92. The Morgan fingerprint density at radius 1 is 1.20 bits per heavy atom. The van der Waals surface area contributed by atoms with Gasteiger partial charge in [-0.2, -0.15) is 8.78 Å². The van der Waals surface area contributed by atoms with Gasteiger partial charge in [-0.1, -0.05) is 18.1 Å². The zero-order chi connectivity index (χ0) is 29.6. The van der Waals surface area contributed by atoms with Gasteiger partial charge in [-0.05, 0) is 39.8 Å². The van der Waals surface area contributed by atoms with Crippen molar-refractivity contribution < 1.29 is 40.9 Å². The molecule has 214 valence electrons. The summed E-state index contributed by atoms with van der Waals surface area (Å²) in [5.41, 5.74) is -4.09. The average molecular weight is 568 g/mol. The molecule has 1 heterocycles. The van der Waals surface area contributed by atoms with Crippen molar-refractivity contribution in [3.05, 3.63) is 58.4 Å². The second-order valence-electron chi connectivity index (χ2n) is 10.1. The molecule has 0 spiro atoms. The van der Waals surface area contributed by atoms with Gasteiger partial charge in [-0.15, -0.1) is 6.42 Å². The van der Waals surface area contributed by atoms with E-state index in [-0.39, 0.29) is 59.1 Å². The van der Waals surface area contributed by atoms with Crippen LogP contribution in [0.25, 0.3) is 10.9 Å². The summed E-state index contributed by atoms with van der Waals surface area (Å²) in [6.07, 6.45) is 3.92. The topological polar surface area (TPSA) is 76.5 Å². The number of nitrogens with one attached hydrogen (secondary N) is 1. The van der Waals surface area contributed by atoms with E-state index in [4.69, 9.17) is 15.9 Å². The van der Waals surface area contributed by atoms with Gasteiger partial charge >= 0.3 is 5.92 Å². The lowest BCUT2D eigenvalue weighted by atomic mass is 9.91. The van der Waals surface area contributed by atoms with Crippen LogP contribution in [0.15, 0.2) is 24.3 Å². The second-order valence-corrected chi connectivity index (χ2v) is 10.1. The number of hydrogen-bond acceptors (Lipinski definition) is 6. The Kier molecular flexibility index (Phi) is 7.68. The maximum absolute atomic E-state index is 15.4. The minimum atomic E-state index is -3.90. The second kappa shape index (κ2) is 10.4. The highest BCUT2D eigenvalue weighted by Gasteiger charge is 2.58. The van der Waals surface area contributed by atoms with Gasteiger partial charge in [0.1, 0.15) is 52.6 Å². The SMILES string of the molecule is C#Cc1c(OCCOC2CC2(F)F)cc2c(N[C@H](C)c3cccc(C(F)(F)C(C)(C)O)c3F)nc(C)nc2c1F. The Labute approximate surface area is 226 Å². The minimum absolute atomic E-state index is 0.0373. The van der Waals surface area contributed by atoms with Crippen molar-refractivity contribution >= 4 is 16.7 Å². The molecule has 2 atom stereocenters. The quantitative estimate of drug-likeness (QED) is 0.177. The van der Waals surface area contributed by atoms with E-state index in [1.807, 2.05) is 0 Å². The molecule has 0 radical (unpaired) electrons. The van der Waals surface area contributed by atoms with Crippen molar-refractivity contribution in [3.63, 3.8) is 0 Å². The van der Waals surface area contributed by atoms with E-state index in [0.29, 0.717) is 0 Å². The summed E-state index contributed by atoms with van der Waals surface area (Å²) >= 11 is 0.